The first-order chi connectivity index (χ1) is 7.33. The SMILES string of the molecule is COP(=O)(CC(=O)C[C@@H](O)CC(N)=O)OC. The van der Waals surface area contributed by atoms with E-state index in [1.807, 2.05) is 0 Å². The van der Waals surface area contributed by atoms with Crippen LogP contribution in [0.1, 0.15) is 12.8 Å². The predicted molar refractivity (Wildman–Crippen MR) is 55.9 cm³/mol. The zero-order valence-corrected chi connectivity index (χ0v) is 10.1. The molecule has 0 aliphatic carbocycles. The fourth-order valence-electron chi connectivity index (χ4n) is 1.05. The molecule has 0 saturated carbocycles. The van der Waals surface area contributed by atoms with Gasteiger partial charge in [-0.15, -0.1) is 0 Å². The van der Waals surface area contributed by atoms with E-state index < -0.39 is 31.6 Å². The van der Waals surface area contributed by atoms with Gasteiger partial charge in [0.2, 0.25) is 5.91 Å². The topological polar surface area (TPSA) is 116 Å². The smallest absolute Gasteiger partial charge is 0.337 e. The summed E-state index contributed by atoms with van der Waals surface area (Å²) < 4.78 is 20.6. The van der Waals surface area contributed by atoms with Gasteiger partial charge in [-0.2, -0.15) is 0 Å². The van der Waals surface area contributed by atoms with Crippen LogP contribution in [0.3, 0.4) is 0 Å². The van der Waals surface area contributed by atoms with Crippen molar-refractivity contribution >= 4 is 19.3 Å². The van der Waals surface area contributed by atoms with Crippen molar-refractivity contribution in [3.05, 3.63) is 0 Å². The number of hydrogen-bond acceptors (Lipinski definition) is 6. The maximum atomic E-state index is 11.5. The molecule has 1 amide bonds. The largest absolute Gasteiger partial charge is 0.392 e. The molecule has 0 rings (SSSR count). The van der Waals surface area contributed by atoms with E-state index in [1.165, 1.54) is 0 Å². The summed E-state index contributed by atoms with van der Waals surface area (Å²) in [6.07, 6.45) is -2.21. The highest BCUT2D eigenvalue weighted by Gasteiger charge is 2.26. The van der Waals surface area contributed by atoms with E-state index in [0.29, 0.717) is 0 Å². The van der Waals surface area contributed by atoms with Gasteiger partial charge in [-0.05, 0) is 0 Å². The Morgan fingerprint density at radius 1 is 1.31 bits per heavy atom. The molecule has 1 atom stereocenters. The molecule has 0 radical (unpaired) electrons. The first-order valence-electron chi connectivity index (χ1n) is 4.51. The van der Waals surface area contributed by atoms with Gasteiger partial charge in [0.15, 0.2) is 0 Å². The third-order valence-electron chi connectivity index (χ3n) is 1.83. The van der Waals surface area contributed by atoms with Crippen LogP contribution in [0.25, 0.3) is 0 Å². The van der Waals surface area contributed by atoms with Crippen LogP contribution in [0.5, 0.6) is 0 Å². The predicted octanol–water partition coefficient (Wildman–Crippen LogP) is -0.332. The van der Waals surface area contributed by atoms with Crippen LogP contribution >= 0.6 is 7.60 Å². The van der Waals surface area contributed by atoms with Gasteiger partial charge >= 0.3 is 7.60 Å². The van der Waals surface area contributed by atoms with Crippen LogP contribution in [0.15, 0.2) is 0 Å². The van der Waals surface area contributed by atoms with Gasteiger partial charge in [-0.3, -0.25) is 14.2 Å². The maximum Gasteiger partial charge on any atom is 0.337 e. The number of aliphatic hydroxyl groups excluding tert-OH is 1. The third-order valence-corrected chi connectivity index (χ3v) is 3.68. The average molecular weight is 253 g/mol. The van der Waals surface area contributed by atoms with Gasteiger partial charge in [0.1, 0.15) is 11.9 Å². The summed E-state index contributed by atoms with van der Waals surface area (Å²) in [7, 11) is -1.08. The molecule has 0 aromatic rings. The zero-order chi connectivity index (χ0) is 12.8. The maximum absolute atomic E-state index is 11.5. The summed E-state index contributed by atoms with van der Waals surface area (Å²) >= 11 is 0. The normalized spacial score (nSPS) is 13.4. The Kier molecular flexibility index (Phi) is 6.43. The van der Waals surface area contributed by atoms with Gasteiger partial charge in [-0.25, -0.2) is 0 Å². The minimum atomic E-state index is -3.40. The van der Waals surface area contributed by atoms with E-state index in [-0.39, 0.29) is 12.8 Å². The lowest BCUT2D eigenvalue weighted by atomic mass is 10.1. The molecule has 0 fully saturated rings. The fourth-order valence-corrected chi connectivity index (χ4v) is 2.02. The minimum absolute atomic E-state index is 0.306. The summed E-state index contributed by atoms with van der Waals surface area (Å²) in [4.78, 5) is 21.8. The van der Waals surface area contributed by atoms with Gasteiger partial charge < -0.3 is 19.9 Å². The standard InChI is InChI=1S/C8H16NO6P/c1-14-16(13,15-2)5-7(11)3-6(10)4-8(9)12/h6,10H,3-5H2,1-2H3,(H2,9,12)/t6-/m1/s1. The quantitative estimate of drug-likeness (QED) is 0.572. The number of Topliss-reactive ketones (excluding diaryl/α,β-unsaturated/α-hetero) is 1. The summed E-state index contributed by atoms with van der Waals surface area (Å²) in [6.45, 7) is 0. The summed E-state index contributed by atoms with van der Waals surface area (Å²) in [6, 6.07) is 0. The number of primary amides is 1. The van der Waals surface area contributed by atoms with Crippen molar-refractivity contribution in [2.45, 2.75) is 18.9 Å². The molecule has 3 N–H and O–H groups in total. The Hall–Kier alpha value is -0.750. The van der Waals surface area contributed by atoms with Crippen LogP contribution in [0.2, 0.25) is 0 Å². The Bertz CT molecular complexity index is 297. The zero-order valence-electron chi connectivity index (χ0n) is 9.21. The van der Waals surface area contributed by atoms with Crippen molar-refractivity contribution in [1.29, 1.82) is 0 Å². The molecule has 0 aromatic carbocycles. The molecular formula is C8H16NO6P. The van der Waals surface area contributed by atoms with Gasteiger partial charge in [0.05, 0.1) is 12.5 Å². The lowest BCUT2D eigenvalue weighted by Crippen LogP contribution is -2.23. The van der Waals surface area contributed by atoms with Crippen LogP contribution in [-0.2, 0) is 23.2 Å². The number of aliphatic hydroxyl groups is 1. The second-order valence-electron chi connectivity index (χ2n) is 3.20. The summed E-state index contributed by atoms with van der Waals surface area (Å²) in [5.74, 6) is -1.22. The van der Waals surface area contributed by atoms with Crippen LogP contribution < -0.4 is 5.73 Å². The fraction of sp³-hybridized carbons (Fsp3) is 0.750. The molecule has 94 valence electrons. The highest BCUT2D eigenvalue weighted by Crippen LogP contribution is 2.46. The van der Waals surface area contributed by atoms with E-state index >= 15 is 0 Å². The van der Waals surface area contributed by atoms with Crippen molar-refractivity contribution in [3.63, 3.8) is 0 Å². The van der Waals surface area contributed by atoms with Crippen molar-refractivity contribution in [1.82, 2.24) is 0 Å². The molecular weight excluding hydrogens is 237 g/mol. The number of carbonyl (C=O) groups is 2. The van der Waals surface area contributed by atoms with Crippen LogP contribution in [-0.4, -0.2) is 43.3 Å². The molecule has 0 bridgehead atoms. The number of hydrogen-bond donors (Lipinski definition) is 2. The van der Waals surface area contributed by atoms with Crippen molar-refractivity contribution in [2.75, 3.05) is 20.4 Å². The number of amides is 1. The number of nitrogens with two attached hydrogens (primary N) is 1. The van der Waals surface area contributed by atoms with Crippen molar-refractivity contribution in [3.8, 4) is 0 Å². The minimum Gasteiger partial charge on any atom is -0.392 e. The van der Waals surface area contributed by atoms with Gasteiger partial charge in [0, 0.05) is 20.6 Å². The Labute approximate surface area is 93.4 Å². The molecule has 0 unspecified atom stereocenters. The Morgan fingerprint density at radius 2 is 1.81 bits per heavy atom. The highest BCUT2D eigenvalue weighted by molar-refractivity contribution is 7.54. The molecule has 0 aliphatic rings. The molecule has 0 saturated heterocycles. The second-order valence-corrected chi connectivity index (χ2v) is 5.47. The van der Waals surface area contributed by atoms with Crippen molar-refractivity contribution < 1.29 is 28.3 Å². The van der Waals surface area contributed by atoms with E-state index in [4.69, 9.17) is 5.73 Å². The Morgan fingerprint density at radius 3 is 2.19 bits per heavy atom. The van der Waals surface area contributed by atoms with E-state index in [9.17, 15) is 19.3 Å². The molecule has 0 aromatic heterocycles. The molecule has 0 aliphatic heterocycles. The van der Waals surface area contributed by atoms with Gasteiger partial charge in [0.25, 0.3) is 0 Å². The second kappa shape index (κ2) is 6.75. The highest BCUT2D eigenvalue weighted by atomic mass is 31.2. The Balaban J connectivity index is 4.18. The lowest BCUT2D eigenvalue weighted by Gasteiger charge is -2.13. The molecule has 0 spiro atoms. The van der Waals surface area contributed by atoms with E-state index in [0.717, 1.165) is 14.2 Å². The molecule has 7 nitrogen and oxygen atoms in total. The van der Waals surface area contributed by atoms with E-state index in [2.05, 4.69) is 9.05 Å². The lowest BCUT2D eigenvalue weighted by molar-refractivity contribution is -0.122. The number of ketones is 1. The molecule has 8 heteroatoms. The van der Waals surface area contributed by atoms with Crippen molar-refractivity contribution in [2.24, 2.45) is 5.73 Å². The average Bonchev–Trinajstić information content (AvgIpc) is 2.15. The molecule has 0 heterocycles. The third kappa shape index (κ3) is 5.97. The van der Waals surface area contributed by atoms with Crippen LogP contribution in [0.4, 0.5) is 0 Å². The summed E-state index contributed by atoms with van der Waals surface area (Å²) in [5, 5.41) is 9.24. The van der Waals surface area contributed by atoms with Crippen LogP contribution in [0, 0.1) is 0 Å². The first kappa shape index (κ1) is 15.2. The number of rotatable bonds is 8. The summed E-state index contributed by atoms with van der Waals surface area (Å²) in [5.41, 5.74) is 4.83. The van der Waals surface area contributed by atoms with Gasteiger partial charge in [-0.1, -0.05) is 0 Å². The molecule has 16 heavy (non-hydrogen) atoms. The van der Waals surface area contributed by atoms with E-state index in [1.54, 1.807) is 0 Å². The number of carbonyl (C=O) groups excluding carboxylic acids is 2. The first-order valence-corrected chi connectivity index (χ1v) is 6.24. The monoisotopic (exact) mass is 253 g/mol.